The average molecular weight is 181 g/mol. The molecule has 0 radical (unpaired) electrons. The molecule has 0 aliphatic rings. The van der Waals surface area contributed by atoms with Gasteiger partial charge in [0.1, 0.15) is 0 Å². The lowest BCUT2D eigenvalue weighted by Crippen LogP contribution is -2.19. The quantitative estimate of drug-likeness (QED) is 0.567. The third-order valence-corrected chi connectivity index (χ3v) is 1.96. The largest absolute Gasteiger partial charge is 0.309 e. The molecule has 0 aliphatic heterocycles. The van der Waals surface area contributed by atoms with Gasteiger partial charge in [-0.3, -0.25) is 0 Å². The molecule has 0 aromatic rings. The summed E-state index contributed by atoms with van der Waals surface area (Å²) in [5, 5.41) is 3.36. The van der Waals surface area contributed by atoms with Crippen LogP contribution in [-0.4, -0.2) is 13.1 Å². The second-order valence-corrected chi connectivity index (χ2v) is 3.60. The van der Waals surface area contributed by atoms with E-state index in [9.17, 15) is 0 Å². The van der Waals surface area contributed by atoms with Gasteiger partial charge in [0.05, 0.1) is 0 Å². The highest BCUT2D eigenvalue weighted by molar-refractivity contribution is 5.00. The predicted molar refractivity (Wildman–Crippen MR) is 61.0 cm³/mol. The van der Waals surface area contributed by atoms with Crippen molar-refractivity contribution in [3.8, 4) is 0 Å². The Labute approximate surface area is 82.9 Å². The lowest BCUT2D eigenvalue weighted by atomic mass is 10.1. The number of hydrogen-bond acceptors (Lipinski definition) is 1. The normalized spacial score (nSPS) is 10.0. The van der Waals surface area contributed by atoms with E-state index in [0.717, 1.165) is 25.9 Å². The standard InChI is InChI=1S/C12H23N/c1-5-7-11(3)9-13-10-12(4)8-6-2/h13H,3-10H2,1-2H3. The van der Waals surface area contributed by atoms with Crippen molar-refractivity contribution in [2.75, 3.05) is 13.1 Å². The van der Waals surface area contributed by atoms with Crippen LogP contribution in [0.5, 0.6) is 0 Å². The third kappa shape index (κ3) is 7.79. The van der Waals surface area contributed by atoms with Gasteiger partial charge in [-0.2, -0.15) is 0 Å². The molecule has 1 heteroatoms. The zero-order chi connectivity index (χ0) is 10.1. The summed E-state index contributed by atoms with van der Waals surface area (Å²) in [5.74, 6) is 0. The molecule has 76 valence electrons. The highest BCUT2D eigenvalue weighted by Crippen LogP contribution is 2.01. The van der Waals surface area contributed by atoms with Gasteiger partial charge in [0.25, 0.3) is 0 Å². The van der Waals surface area contributed by atoms with Crippen molar-refractivity contribution in [1.82, 2.24) is 5.32 Å². The van der Waals surface area contributed by atoms with Gasteiger partial charge in [0, 0.05) is 13.1 Å². The summed E-state index contributed by atoms with van der Waals surface area (Å²) in [6.45, 7) is 14.2. The van der Waals surface area contributed by atoms with E-state index in [1.54, 1.807) is 0 Å². The number of rotatable bonds is 8. The number of nitrogens with one attached hydrogen (secondary N) is 1. The summed E-state index contributed by atoms with van der Waals surface area (Å²) in [4.78, 5) is 0. The van der Waals surface area contributed by atoms with Crippen LogP contribution in [0.3, 0.4) is 0 Å². The fourth-order valence-corrected chi connectivity index (χ4v) is 1.30. The highest BCUT2D eigenvalue weighted by Gasteiger charge is 1.94. The van der Waals surface area contributed by atoms with Gasteiger partial charge in [-0.25, -0.2) is 0 Å². The van der Waals surface area contributed by atoms with E-state index in [1.165, 1.54) is 24.0 Å². The highest BCUT2D eigenvalue weighted by atomic mass is 14.8. The van der Waals surface area contributed by atoms with E-state index in [-0.39, 0.29) is 0 Å². The first-order valence-electron chi connectivity index (χ1n) is 5.24. The maximum absolute atomic E-state index is 4.00. The summed E-state index contributed by atoms with van der Waals surface area (Å²) in [6, 6.07) is 0. The van der Waals surface area contributed by atoms with Crippen molar-refractivity contribution in [1.29, 1.82) is 0 Å². The molecule has 0 aromatic heterocycles. The third-order valence-electron chi connectivity index (χ3n) is 1.96. The summed E-state index contributed by atoms with van der Waals surface area (Å²) >= 11 is 0. The molecule has 0 heterocycles. The van der Waals surface area contributed by atoms with Gasteiger partial charge in [0.2, 0.25) is 0 Å². The summed E-state index contributed by atoms with van der Waals surface area (Å²) in [7, 11) is 0. The minimum Gasteiger partial charge on any atom is -0.309 e. The summed E-state index contributed by atoms with van der Waals surface area (Å²) in [5.41, 5.74) is 2.60. The lowest BCUT2D eigenvalue weighted by molar-refractivity contribution is 0.728. The molecule has 0 rings (SSSR count). The van der Waals surface area contributed by atoms with E-state index >= 15 is 0 Å². The Kier molecular flexibility index (Phi) is 7.71. The van der Waals surface area contributed by atoms with Crippen LogP contribution in [0.4, 0.5) is 0 Å². The average Bonchev–Trinajstić information content (AvgIpc) is 2.05. The minimum absolute atomic E-state index is 0.941. The topological polar surface area (TPSA) is 12.0 Å². The fraction of sp³-hybridized carbons (Fsp3) is 0.667. The van der Waals surface area contributed by atoms with Crippen LogP contribution in [0.2, 0.25) is 0 Å². The summed E-state index contributed by atoms with van der Waals surface area (Å²) in [6.07, 6.45) is 4.65. The molecule has 0 aromatic carbocycles. The first-order valence-corrected chi connectivity index (χ1v) is 5.24. The molecule has 0 bridgehead atoms. The van der Waals surface area contributed by atoms with Crippen LogP contribution >= 0.6 is 0 Å². The second kappa shape index (κ2) is 8.06. The molecule has 0 fully saturated rings. The van der Waals surface area contributed by atoms with E-state index in [2.05, 4.69) is 32.3 Å². The number of hydrogen-bond donors (Lipinski definition) is 1. The van der Waals surface area contributed by atoms with Crippen molar-refractivity contribution >= 4 is 0 Å². The smallest absolute Gasteiger partial charge is 0.0164 e. The van der Waals surface area contributed by atoms with Crippen molar-refractivity contribution in [3.05, 3.63) is 24.3 Å². The van der Waals surface area contributed by atoms with Gasteiger partial charge in [-0.15, -0.1) is 0 Å². The van der Waals surface area contributed by atoms with Crippen LogP contribution in [0.25, 0.3) is 0 Å². The maximum Gasteiger partial charge on any atom is 0.0164 e. The molecule has 0 saturated heterocycles. The van der Waals surface area contributed by atoms with Crippen LogP contribution in [0.15, 0.2) is 24.3 Å². The molecule has 0 unspecified atom stereocenters. The Balaban J connectivity index is 3.33. The second-order valence-electron chi connectivity index (χ2n) is 3.60. The SMILES string of the molecule is C=C(CCC)CNCC(=C)CCC. The van der Waals surface area contributed by atoms with Gasteiger partial charge in [0.15, 0.2) is 0 Å². The van der Waals surface area contributed by atoms with Crippen LogP contribution in [-0.2, 0) is 0 Å². The zero-order valence-corrected chi connectivity index (χ0v) is 9.16. The lowest BCUT2D eigenvalue weighted by Gasteiger charge is -2.08. The molecule has 1 N–H and O–H groups in total. The Hall–Kier alpha value is -0.560. The predicted octanol–water partition coefficient (Wildman–Crippen LogP) is 3.29. The molecule has 13 heavy (non-hydrogen) atoms. The first-order chi connectivity index (χ1) is 6.20. The minimum atomic E-state index is 0.941. The van der Waals surface area contributed by atoms with E-state index in [1.807, 2.05) is 0 Å². The summed E-state index contributed by atoms with van der Waals surface area (Å²) < 4.78 is 0. The Morgan fingerprint density at radius 1 is 0.923 bits per heavy atom. The zero-order valence-electron chi connectivity index (χ0n) is 9.16. The fourth-order valence-electron chi connectivity index (χ4n) is 1.30. The van der Waals surface area contributed by atoms with Gasteiger partial charge >= 0.3 is 0 Å². The Morgan fingerprint density at radius 2 is 1.31 bits per heavy atom. The van der Waals surface area contributed by atoms with Crippen molar-refractivity contribution < 1.29 is 0 Å². The van der Waals surface area contributed by atoms with Gasteiger partial charge < -0.3 is 5.32 Å². The van der Waals surface area contributed by atoms with Crippen LogP contribution in [0.1, 0.15) is 39.5 Å². The van der Waals surface area contributed by atoms with Crippen molar-refractivity contribution in [2.45, 2.75) is 39.5 Å². The molecule has 0 spiro atoms. The Morgan fingerprint density at radius 3 is 1.62 bits per heavy atom. The van der Waals surface area contributed by atoms with Crippen molar-refractivity contribution in [2.24, 2.45) is 0 Å². The van der Waals surface area contributed by atoms with E-state index in [0.29, 0.717) is 0 Å². The molecular formula is C12H23N. The van der Waals surface area contributed by atoms with E-state index in [4.69, 9.17) is 0 Å². The first kappa shape index (κ1) is 12.4. The monoisotopic (exact) mass is 181 g/mol. The van der Waals surface area contributed by atoms with Crippen molar-refractivity contribution in [3.63, 3.8) is 0 Å². The Bertz CT molecular complexity index is 141. The molecular weight excluding hydrogens is 158 g/mol. The molecule has 0 atom stereocenters. The van der Waals surface area contributed by atoms with E-state index < -0.39 is 0 Å². The molecule has 0 saturated carbocycles. The molecule has 0 aliphatic carbocycles. The van der Waals surface area contributed by atoms with Crippen LogP contribution < -0.4 is 5.32 Å². The maximum atomic E-state index is 4.00. The van der Waals surface area contributed by atoms with Crippen LogP contribution in [0, 0.1) is 0 Å². The van der Waals surface area contributed by atoms with Gasteiger partial charge in [-0.1, -0.05) is 51.0 Å². The van der Waals surface area contributed by atoms with Gasteiger partial charge in [-0.05, 0) is 12.8 Å². The molecule has 1 nitrogen and oxygen atoms in total. The molecule has 0 amide bonds.